The zero-order valence-corrected chi connectivity index (χ0v) is 15.0. The Balaban J connectivity index is 1.86. The van der Waals surface area contributed by atoms with Gasteiger partial charge in [-0.3, -0.25) is 9.20 Å². The molecular formula is C22H18FN3O. The lowest BCUT2D eigenvalue weighted by Crippen LogP contribution is -2.14. The number of hydrogen-bond donors (Lipinski definition) is 1. The van der Waals surface area contributed by atoms with Crippen molar-refractivity contribution in [2.24, 2.45) is 0 Å². The van der Waals surface area contributed by atoms with Gasteiger partial charge in [0, 0.05) is 17.3 Å². The summed E-state index contributed by atoms with van der Waals surface area (Å²) in [5, 5.41) is 2.92. The molecule has 0 fully saturated rings. The summed E-state index contributed by atoms with van der Waals surface area (Å²) in [5.41, 5.74) is 4.75. The van der Waals surface area contributed by atoms with Gasteiger partial charge in [0.05, 0.1) is 0 Å². The number of benzene rings is 2. The van der Waals surface area contributed by atoms with Gasteiger partial charge in [0.1, 0.15) is 23.0 Å². The number of nitrogens with zero attached hydrogens (tertiary/aromatic N) is 2. The first-order chi connectivity index (χ1) is 13.0. The summed E-state index contributed by atoms with van der Waals surface area (Å²) in [6, 6.07) is 17.4. The van der Waals surface area contributed by atoms with Crippen LogP contribution >= 0.6 is 0 Å². The Labute approximate surface area is 156 Å². The minimum absolute atomic E-state index is 0.257. The van der Waals surface area contributed by atoms with Gasteiger partial charge in [-0.2, -0.15) is 0 Å². The summed E-state index contributed by atoms with van der Waals surface area (Å²) in [4.78, 5) is 17.5. The van der Waals surface area contributed by atoms with E-state index in [9.17, 15) is 9.18 Å². The molecule has 0 saturated heterocycles. The number of aryl methyl sites for hydroxylation is 2. The van der Waals surface area contributed by atoms with Crippen molar-refractivity contribution in [1.82, 2.24) is 9.38 Å². The fourth-order valence-electron chi connectivity index (χ4n) is 3.10. The summed E-state index contributed by atoms with van der Waals surface area (Å²) in [6.45, 7) is 4.00. The average Bonchev–Trinajstić information content (AvgIpc) is 2.99. The topological polar surface area (TPSA) is 46.4 Å². The molecule has 0 aliphatic heterocycles. The van der Waals surface area contributed by atoms with Crippen LogP contribution in [0.3, 0.4) is 0 Å². The van der Waals surface area contributed by atoms with Gasteiger partial charge in [-0.1, -0.05) is 30.3 Å². The molecule has 0 radical (unpaired) electrons. The smallest absolute Gasteiger partial charge is 0.256 e. The lowest BCUT2D eigenvalue weighted by molar-refractivity contribution is 0.102. The predicted molar refractivity (Wildman–Crippen MR) is 104 cm³/mol. The molecule has 0 bridgehead atoms. The van der Waals surface area contributed by atoms with Gasteiger partial charge in [0.25, 0.3) is 5.91 Å². The Morgan fingerprint density at radius 1 is 1.04 bits per heavy atom. The van der Waals surface area contributed by atoms with Crippen molar-refractivity contribution in [3.8, 4) is 11.3 Å². The maximum atomic E-state index is 13.5. The van der Waals surface area contributed by atoms with Gasteiger partial charge in [-0.15, -0.1) is 0 Å². The van der Waals surface area contributed by atoms with Crippen LogP contribution in [-0.4, -0.2) is 15.3 Å². The van der Waals surface area contributed by atoms with Crippen LogP contribution < -0.4 is 5.32 Å². The quantitative estimate of drug-likeness (QED) is 0.559. The molecule has 0 spiro atoms. The molecule has 2 aromatic carbocycles. The Morgan fingerprint density at radius 2 is 1.85 bits per heavy atom. The number of carbonyl (C=O) groups is 1. The summed E-state index contributed by atoms with van der Waals surface area (Å²) < 4.78 is 15.3. The van der Waals surface area contributed by atoms with Crippen molar-refractivity contribution in [2.75, 3.05) is 5.32 Å². The molecule has 0 atom stereocenters. The van der Waals surface area contributed by atoms with Crippen LogP contribution in [0.4, 0.5) is 10.2 Å². The van der Waals surface area contributed by atoms with Crippen molar-refractivity contribution in [2.45, 2.75) is 13.8 Å². The SMILES string of the molecule is Cc1ccn2c(NC(=O)c3cccc(F)c3)c(-c3ccccc3C)nc2c1. The maximum Gasteiger partial charge on any atom is 0.256 e. The molecule has 2 heterocycles. The highest BCUT2D eigenvalue weighted by atomic mass is 19.1. The van der Waals surface area contributed by atoms with Crippen molar-refractivity contribution in [3.63, 3.8) is 0 Å². The summed E-state index contributed by atoms with van der Waals surface area (Å²) >= 11 is 0. The molecule has 4 aromatic rings. The fraction of sp³-hybridized carbons (Fsp3) is 0.0909. The summed E-state index contributed by atoms with van der Waals surface area (Å²) in [5.74, 6) is -0.268. The number of fused-ring (bicyclic) bond motifs is 1. The van der Waals surface area contributed by atoms with Crippen molar-refractivity contribution in [1.29, 1.82) is 0 Å². The zero-order valence-electron chi connectivity index (χ0n) is 15.0. The number of anilines is 1. The van der Waals surface area contributed by atoms with E-state index in [-0.39, 0.29) is 11.5 Å². The first-order valence-electron chi connectivity index (χ1n) is 8.64. The molecular weight excluding hydrogens is 341 g/mol. The van der Waals surface area contributed by atoms with E-state index in [1.54, 1.807) is 6.07 Å². The van der Waals surface area contributed by atoms with E-state index in [1.165, 1.54) is 18.2 Å². The second kappa shape index (κ2) is 6.68. The third kappa shape index (κ3) is 3.19. The molecule has 2 aromatic heterocycles. The van der Waals surface area contributed by atoms with E-state index in [0.29, 0.717) is 11.5 Å². The monoisotopic (exact) mass is 359 g/mol. The molecule has 0 unspecified atom stereocenters. The van der Waals surface area contributed by atoms with Gasteiger partial charge < -0.3 is 5.32 Å². The van der Waals surface area contributed by atoms with E-state index >= 15 is 0 Å². The fourth-order valence-corrected chi connectivity index (χ4v) is 3.10. The van der Waals surface area contributed by atoms with E-state index in [4.69, 9.17) is 4.98 Å². The van der Waals surface area contributed by atoms with Gasteiger partial charge in [0.15, 0.2) is 0 Å². The highest BCUT2D eigenvalue weighted by molar-refractivity contribution is 6.05. The number of aromatic nitrogens is 2. The minimum atomic E-state index is -0.449. The predicted octanol–water partition coefficient (Wildman–Crippen LogP) is 5.01. The standard InChI is InChI=1S/C22H18FN3O/c1-14-10-11-26-19(12-14)24-20(18-9-4-3-6-15(18)2)21(26)25-22(27)16-7-5-8-17(23)13-16/h3-13H,1-2H3,(H,25,27). The zero-order chi connectivity index (χ0) is 19.0. The number of hydrogen-bond acceptors (Lipinski definition) is 2. The van der Waals surface area contributed by atoms with Gasteiger partial charge in [-0.05, 0) is 55.3 Å². The lowest BCUT2D eigenvalue weighted by atomic mass is 10.1. The highest BCUT2D eigenvalue weighted by Gasteiger charge is 2.18. The molecule has 134 valence electrons. The summed E-state index contributed by atoms with van der Waals surface area (Å²) in [6.07, 6.45) is 1.88. The number of pyridine rings is 1. The number of carbonyl (C=O) groups excluding carboxylic acids is 1. The van der Waals surface area contributed by atoms with Crippen molar-refractivity contribution in [3.05, 3.63) is 89.4 Å². The van der Waals surface area contributed by atoms with Gasteiger partial charge in [0.2, 0.25) is 0 Å². The normalized spacial score (nSPS) is 10.9. The molecule has 5 heteroatoms. The van der Waals surface area contributed by atoms with Crippen LogP contribution in [0.2, 0.25) is 0 Å². The summed E-state index contributed by atoms with van der Waals surface area (Å²) in [7, 11) is 0. The van der Waals surface area contributed by atoms with Crippen molar-refractivity contribution >= 4 is 17.4 Å². The Bertz CT molecular complexity index is 1160. The largest absolute Gasteiger partial charge is 0.306 e. The molecule has 4 nitrogen and oxygen atoms in total. The van der Waals surface area contributed by atoms with E-state index in [0.717, 1.165) is 22.3 Å². The second-order valence-electron chi connectivity index (χ2n) is 6.52. The van der Waals surface area contributed by atoms with E-state index < -0.39 is 5.82 Å². The molecule has 4 rings (SSSR count). The van der Waals surface area contributed by atoms with Gasteiger partial charge in [-0.25, -0.2) is 9.37 Å². The van der Waals surface area contributed by atoms with Gasteiger partial charge >= 0.3 is 0 Å². The Morgan fingerprint density at radius 3 is 2.63 bits per heavy atom. The minimum Gasteiger partial charge on any atom is -0.306 e. The van der Waals surface area contributed by atoms with Crippen LogP contribution in [0.25, 0.3) is 16.9 Å². The van der Waals surface area contributed by atoms with Crippen LogP contribution in [0.1, 0.15) is 21.5 Å². The first kappa shape index (κ1) is 17.0. The molecule has 1 amide bonds. The number of rotatable bonds is 3. The molecule has 27 heavy (non-hydrogen) atoms. The number of nitrogens with one attached hydrogen (secondary N) is 1. The Kier molecular flexibility index (Phi) is 4.20. The average molecular weight is 359 g/mol. The van der Waals surface area contributed by atoms with E-state index in [2.05, 4.69) is 5.32 Å². The van der Waals surface area contributed by atoms with Crippen LogP contribution in [0, 0.1) is 19.7 Å². The van der Waals surface area contributed by atoms with E-state index in [1.807, 2.05) is 60.8 Å². The second-order valence-corrected chi connectivity index (χ2v) is 6.52. The maximum absolute atomic E-state index is 13.5. The highest BCUT2D eigenvalue weighted by Crippen LogP contribution is 2.31. The van der Waals surface area contributed by atoms with Crippen LogP contribution in [0.15, 0.2) is 66.9 Å². The number of imidazole rings is 1. The third-order valence-corrected chi connectivity index (χ3v) is 4.50. The molecule has 0 aliphatic rings. The molecule has 0 aliphatic carbocycles. The molecule has 0 saturated carbocycles. The van der Waals surface area contributed by atoms with Crippen LogP contribution in [-0.2, 0) is 0 Å². The van der Waals surface area contributed by atoms with Crippen molar-refractivity contribution < 1.29 is 9.18 Å². The molecule has 1 N–H and O–H groups in total. The third-order valence-electron chi connectivity index (χ3n) is 4.50. The number of halogens is 1. The van der Waals surface area contributed by atoms with Crippen LogP contribution in [0.5, 0.6) is 0 Å². The first-order valence-corrected chi connectivity index (χ1v) is 8.64. The number of amides is 1. The Hall–Kier alpha value is -3.47. The lowest BCUT2D eigenvalue weighted by Gasteiger charge is -2.09.